The number of rotatable bonds is 3. The number of carboxylic acids is 1. The van der Waals surface area contributed by atoms with Gasteiger partial charge in [0.2, 0.25) is 0 Å². The van der Waals surface area contributed by atoms with Crippen molar-refractivity contribution < 1.29 is 9.90 Å². The van der Waals surface area contributed by atoms with Crippen LogP contribution in [-0.2, 0) is 11.8 Å². The standard InChI is InChI=1S/C9H8N2O3S2/c1-11-8(14)5-2-3-15-7(5)10-9(11)16-4-6(12)13/h2-3H,4H2,1H3,(H,12,13). The molecule has 0 aromatic carbocycles. The van der Waals surface area contributed by atoms with Gasteiger partial charge in [-0.25, -0.2) is 4.98 Å². The maximum absolute atomic E-state index is 11.8. The van der Waals surface area contributed by atoms with E-state index in [4.69, 9.17) is 5.11 Å². The van der Waals surface area contributed by atoms with Gasteiger partial charge in [-0.2, -0.15) is 0 Å². The zero-order valence-electron chi connectivity index (χ0n) is 8.34. The largest absolute Gasteiger partial charge is 0.481 e. The molecule has 0 saturated carbocycles. The van der Waals surface area contributed by atoms with Gasteiger partial charge in [0, 0.05) is 7.05 Å². The van der Waals surface area contributed by atoms with Crippen LogP contribution in [0, 0.1) is 0 Å². The van der Waals surface area contributed by atoms with Gasteiger partial charge in [0.25, 0.3) is 5.56 Å². The number of hydrogen-bond donors (Lipinski definition) is 1. The van der Waals surface area contributed by atoms with Crippen LogP contribution in [0.3, 0.4) is 0 Å². The summed E-state index contributed by atoms with van der Waals surface area (Å²) >= 11 is 2.42. The van der Waals surface area contributed by atoms with Crippen molar-refractivity contribution in [3.63, 3.8) is 0 Å². The van der Waals surface area contributed by atoms with Crippen LogP contribution >= 0.6 is 23.1 Å². The van der Waals surface area contributed by atoms with Crippen LogP contribution in [0.4, 0.5) is 0 Å². The van der Waals surface area contributed by atoms with Crippen LogP contribution in [-0.4, -0.2) is 26.4 Å². The second-order valence-electron chi connectivity index (χ2n) is 3.08. The Hall–Kier alpha value is -1.34. The van der Waals surface area contributed by atoms with Crippen LogP contribution in [0.15, 0.2) is 21.4 Å². The number of thiophene rings is 1. The highest BCUT2D eigenvalue weighted by Gasteiger charge is 2.10. The van der Waals surface area contributed by atoms with Crippen molar-refractivity contribution in [1.29, 1.82) is 0 Å². The topological polar surface area (TPSA) is 72.2 Å². The summed E-state index contributed by atoms with van der Waals surface area (Å²) in [4.78, 5) is 27.2. The first-order valence-electron chi connectivity index (χ1n) is 4.38. The third-order valence-electron chi connectivity index (χ3n) is 1.99. The minimum absolute atomic E-state index is 0.100. The quantitative estimate of drug-likeness (QED) is 0.659. The highest BCUT2D eigenvalue weighted by Crippen LogP contribution is 2.19. The molecule has 2 heterocycles. The van der Waals surface area contributed by atoms with Crippen LogP contribution in [0.5, 0.6) is 0 Å². The maximum Gasteiger partial charge on any atom is 0.313 e. The predicted octanol–water partition coefficient (Wildman–Crippen LogP) is 1.17. The van der Waals surface area contributed by atoms with Gasteiger partial charge in [-0.15, -0.1) is 11.3 Å². The summed E-state index contributed by atoms with van der Waals surface area (Å²) in [6.45, 7) is 0. The molecular formula is C9H8N2O3S2. The van der Waals surface area contributed by atoms with Crippen molar-refractivity contribution in [3.8, 4) is 0 Å². The van der Waals surface area contributed by atoms with E-state index in [0.717, 1.165) is 11.8 Å². The van der Waals surface area contributed by atoms with E-state index in [-0.39, 0.29) is 11.3 Å². The van der Waals surface area contributed by atoms with Crippen molar-refractivity contribution in [2.24, 2.45) is 7.05 Å². The molecule has 7 heteroatoms. The molecule has 2 aromatic heterocycles. The van der Waals surface area contributed by atoms with Crippen molar-refractivity contribution in [2.75, 3.05) is 5.75 Å². The predicted molar refractivity (Wildman–Crippen MR) is 63.2 cm³/mol. The number of fused-ring (bicyclic) bond motifs is 1. The van der Waals surface area contributed by atoms with Crippen LogP contribution in [0.25, 0.3) is 10.2 Å². The first-order valence-corrected chi connectivity index (χ1v) is 6.25. The van der Waals surface area contributed by atoms with Gasteiger partial charge in [0.1, 0.15) is 4.83 Å². The Labute approximate surface area is 98.7 Å². The number of hydrogen-bond acceptors (Lipinski definition) is 5. The fraction of sp³-hybridized carbons (Fsp3) is 0.222. The molecule has 2 rings (SSSR count). The summed E-state index contributed by atoms with van der Waals surface area (Å²) in [6.07, 6.45) is 0. The Bertz CT molecular complexity index is 602. The number of carbonyl (C=O) groups is 1. The minimum atomic E-state index is -0.925. The molecule has 0 spiro atoms. The van der Waals surface area contributed by atoms with E-state index in [0.29, 0.717) is 15.4 Å². The zero-order valence-corrected chi connectivity index (χ0v) is 9.97. The molecule has 0 aliphatic rings. The Morgan fingerprint density at radius 3 is 3.12 bits per heavy atom. The van der Waals surface area contributed by atoms with E-state index in [2.05, 4.69) is 4.98 Å². The van der Waals surface area contributed by atoms with E-state index in [9.17, 15) is 9.59 Å². The Kier molecular flexibility index (Phi) is 2.97. The summed E-state index contributed by atoms with van der Waals surface area (Å²) < 4.78 is 1.38. The smallest absolute Gasteiger partial charge is 0.313 e. The van der Waals surface area contributed by atoms with Gasteiger partial charge in [-0.1, -0.05) is 11.8 Å². The molecule has 0 aliphatic carbocycles. The van der Waals surface area contributed by atoms with Crippen molar-refractivity contribution in [2.45, 2.75) is 5.16 Å². The molecule has 0 atom stereocenters. The summed E-state index contributed by atoms with van der Waals surface area (Å²) in [7, 11) is 1.59. The number of carboxylic acid groups (broad SMARTS) is 1. The summed E-state index contributed by atoms with van der Waals surface area (Å²) in [5.74, 6) is -1.03. The number of aliphatic carboxylic acids is 1. The average Bonchev–Trinajstić information content (AvgIpc) is 2.69. The highest BCUT2D eigenvalue weighted by molar-refractivity contribution is 7.99. The molecule has 5 nitrogen and oxygen atoms in total. The molecule has 2 aromatic rings. The lowest BCUT2D eigenvalue weighted by molar-refractivity contribution is -0.133. The fourth-order valence-corrected chi connectivity index (χ4v) is 2.73. The van der Waals surface area contributed by atoms with Crippen molar-refractivity contribution in [3.05, 3.63) is 21.8 Å². The van der Waals surface area contributed by atoms with E-state index in [1.54, 1.807) is 18.5 Å². The monoisotopic (exact) mass is 256 g/mol. The van der Waals surface area contributed by atoms with Gasteiger partial charge >= 0.3 is 5.97 Å². The zero-order chi connectivity index (χ0) is 11.7. The van der Waals surface area contributed by atoms with E-state index < -0.39 is 5.97 Å². The summed E-state index contributed by atoms with van der Waals surface area (Å²) in [5, 5.41) is 11.4. The van der Waals surface area contributed by atoms with E-state index in [1.165, 1.54) is 15.9 Å². The fourth-order valence-electron chi connectivity index (χ4n) is 1.24. The normalized spacial score (nSPS) is 10.8. The minimum Gasteiger partial charge on any atom is -0.481 e. The van der Waals surface area contributed by atoms with Gasteiger partial charge in [-0.3, -0.25) is 14.2 Å². The first kappa shape index (κ1) is 11.2. The summed E-state index contributed by atoms with van der Waals surface area (Å²) in [6, 6.07) is 1.72. The molecule has 84 valence electrons. The van der Waals surface area contributed by atoms with Crippen molar-refractivity contribution in [1.82, 2.24) is 9.55 Å². The van der Waals surface area contributed by atoms with Gasteiger partial charge in [0.15, 0.2) is 5.16 Å². The Morgan fingerprint density at radius 2 is 2.44 bits per heavy atom. The molecule has 0 unspecified atom stereocenters. The molecule has 0 saturated heterocycles. The molecule has 0 amide bonds. The number of thioether (sulfide) groups is 1. The Morgan fingerprint density at radius 1 is 1.69 bits per heavy atom. The number of nitrogens with zero attached hydrogens (tertiary/aromatic N) is 2. The second kappa shape index (κ2) is 4.26. The van der Waals surface area contributed by atoms with Crippen molar-refractivity contribution >= 4 is 39.3 Å². The van der Waals surface area contributed by atoms with Gasteiger partial charge in [-0.05, 0) is 11.4 Å². The van der Waals surface area contributed by atoms with Gasteiger partial charge < -0.3 is 5.11 Å². The van der Waals surface area contributed by atoms with Crippen LogP contribution in [0.2, 0.25) is 0 Å². The molecule has 0 fully saturated rings. The molecule has 0 aliphatic heterocycles. The third-order valence-corrected chi connectivity index (χ3v) is 3.81. The second-order valence-corrected chi connectivity index (χ2v) is 4.92. The average molecular weight is 256 g/mol. The lowest BCUT2D eigenvalue weighted by atomic mass is 10.4. The van der Waals surface area contributed by atoms with Gasteiger partial charge in [0.05, 0.1) is 11.1 Å². The van der Waals surface area contributed by atoms with Crippen LogP contribution in [0.1, 0.15) is 0 Å². The molecule has 0 bridgehead atoms. The molecule has 0 radical (unpaired) electrons. The lowest BCUT2D eigenvalue weighted by Gasteiger charge is -2.04. The summed E-state index contributed by atoms with van der Waals surface area (Å²) in [5.41, 5.74) is -0.140. The lowest BCUT2D eigenvalue weighted by Crippen LogP contribution is -2.19. The first-order chi connectivity index (χ1) is 7.59. The Balaban J connectivity index is 2.49. The van der Waals surface area contributed by atoms with E-state index in [1.807, 2.05) is 0 Å². The SMILES string of the molecule is Cn1c(SCC(=O)O)nc2sccc2c1=O. The maximum atomic E-state index is 11.8. The molecule has 1 N–H and O–H groups in total. The highest BCUT2D eigenvalue weighted by atomic mass is 32.2. The molecule has 16 heavy (non-hydrogen) atoms. The number of aromatic nitrogens is 2. The molecular weight excluding hydrogens is 248 g/mol. The third kappa shape index (κ3) is 1.96. The van der Waals surface area contributed by atoms with E-state index >= 15 is 0 Å². The van der Waals surface area contributed by atoms with Crippen LogP contribution < -0.4 is 5.56 Å².